The Hall–Kier alpha value is -2.01. The summed E-state index contributed by atoms with van der Waals surface area (Å²) in [5.74, 6) is -0.230. The molecule has 0 heterocycles. The van der Waals surface area contributed by atoms with Gasteiger partial charge in [0.25, 0.3) is 0 Å². The van der Waals surface area contributed by atoms with E-state index in [2.05, 4.69) is 4.74 Å². The number of nitrogens with two attached hydrogens (primary N) is 1. The van der Waals surface area contributed by atoms with Crippen LogP contribution in [0.3, 0.4) is 0 Å². The van der Waals surface area contributed by atoms with Crippen molar-refractivity contribution in [3.8, 4) is 16.9 Å². The molecule has 2 aromatic rings. The molecule has 0 aliphatic carbocycles. The molecule has 2 rings (SSSR count). The second kappa shape index (κ2) is 5.54. The van der Waals surface area contributed by atoms with Gasteiger partial charge in [0.2, 0.25) is 0 Å². The molecule has 2 nitrogen and oxygen atoms in total. The summed E-state index contributed by atoms with van der Waals surface area (Å²) in [6.45, 7) is 1.87. The molecule has 0 bridgehead atoms. The van der Waals surface area contributed by atoms with Crippen molar-refractivity contribution in [2.75, 3.05) is 0 Å². The van der Waals surface area contributed by atoms with Crippen LogP contribution in [0.2, 0.25) is 0 Å². The number of ether oxygens (including phenoxy) is 1. The molecule has 20 heavy (non-hydrogen) atoms. The largest absolute Gasteiger partial charge is 0.573 e. The Morgan fingerprint density at radius 3 is 2.20 bits per heavy atom. The predicted octanol–water partition coefficient (Wildman–Crippen LogP) is 4.27. The first-order valence-electron chi connectivity index (χ1n) is 6.07. The van der Waals surface area contributed by atoms with Gasteiger partial charge in [-0.15, -0.1) is 13.2 Å². The maximum atomic E-state index is 12.2. The summed E-state index contributed by atoms with van der Waals surface area (Å²) in [5.41, 5.74) is 8.18. The SMILES string of the molecule is C[C@@H](N)c1ccc(-c2cccc(OC(F)(F)F)c2)cc1. The molecule has 0 amide bonds. The number of benzene rings is 2. The van der Waals surface area contributed by atoms with Crippen LogP contribution in [0.25, 0.3) is 11.1 Å². The Morgan fingerprint density at radius 1 is 1.00 bits per heavy atom. The molecule has 5 heteroatoms. The van der Waals surface area contributed by atoms with Crippen LogP contribution in [0.5, 0.6) is 5.75 Å². The third-order valence-corrected chi connectivity index (χ3v) is 2.84. The summed E-state index contributed by atoms with van der Waals surface area (Å²) < 4.78 is 40.4. The molecular weight excluding hydrogens is 267 g/mol. The van der Waals surface area contributed by atoms with Crippen molar-refractivity contribution in [2.45, 2.75) is 19.3 Å². The van der Waals surface area contributed by atoms with E-state index in [0.29, 0.717) is 5.56 Å². The molecule has 0 radical (unpaired) electrons. The molecule has 0 saturated heterocycles. The first-order chi connectivity index (χ1) is 9.35. The average Bonchev–Trinajstić information content (AvgIpc) is 2.37. The lowest BCUT2D eigenvalue weighted by atomic mass is 10.0. The van der Waals surface area contributed by atoms with Crippen molar-refractivity contribution in [2.24, 2.45) is 5.73 Å². The van der Waals surface area contributed by atoms with Crippen LogP contribution in [0.15, 0.2) is 48.5 Å². The second-order valence-electron chi connectivity index (χ2n) is 4.49. The average molecular weight is 281 g/mol. The molecule has 0 aromatic heterocycles. The molecule has 0 aliphatic rings. The number of halogens is 3. The zero-order valence-corrected chi connectivity index (χ0v) is 10.8. The maximum Gasteiger partial charge on any atom is 0.573 e. The Kier molecular flexibility index (Phi) is 3.99. The van der Waals surface area contributed by atoms with Gasteiger partial charge >= 0.3 is 6.36 Å². The molecule has 0 spiro atoms. The van der Waals surface area contributed by atoms with E-state index in [1.165, 1.54) is 18.2 Å². The molecule has 2 N–H and O–H groups in total. The highest BCUT2D eigenvalue weighted by atomic mass is 19.4. The van der Waals surface area contributed by atoms with Gasteiger partial charge in [0.1, 0.15) is 5.75 Å². The van der Waals surface area contributed by atoms with E-state index in [0.717, 1.165) is 11.1 Å². The van der Waals surface area contributed by atoms with E-state index in [1.54, 1.807) is 6.07 Å². The Bertz CT molecular complexity index is 576. The minimum atomic E-state index is -4.68. The monoisotopic (exact) mass is 281 g/mol. The van der Waals surface area contributed by atoms with Crippen LogP contribution in [-0.2, 0) is 0 Å². The summed E-state index contributed by atoms with van der Waals surface area (Å²) in [6.07, 6.45) is -4.68. The molecule has 0 saturated carbocycles. The van der Waals surface area contributed by atoms with Crippen LogP contribution < -0.4 is 10.5 Å². The summed E-state index contributed by atoms with van der Waals surface area (Å²) in [7, 11) is 0. The highest BCUT2D eigenvalue weighted by molar-refractivity contribution is 5.65. The third kappa shape index (κ3) is 3.74. The summed E-state index contributed by atoms with van der Waals surface area (Å²) in [4.78, 5) is 0. The van der Waals surface area contributed by atoms with Crippen molar-refractivity contribution in [1.29, 1.82) is 0 Å². The highest BCUT2D eigenvalue weighted by Crippen LogP contribution is 2.28. The number of hydrogen-bond donors (Lipinski definition) is 1. The molecule has 0 aliphatic heterocycles. The van der Waals surface area contributed by atoms with Gasteiger partial charge < -0.3 is 10.5 Å². The summed E-state index contributed by atoms with van der Waals surface area (Å²) in [6, 6.07) is 13.2. The van der Waals surface area contributed by atoms with Crippen LogP contribution in [0, 0.1) is 0 Å². The van der Waals surface area contributed by atoms with Gasteiger partial charge in [-0.25, -0.2) is 0 Å². The summed E-state index contributed by atoms with van der Waals surface area (Å²) in [5, 5.41) is 0. The van der Waals surface area contributed by atoms with Gasteiger partial charge in [0, 0.05) is 6.04 Å². The Morgan fingerprint density at radius 2 is 1.65 bits per heavy atom. The van der Waals surface area contributed by atoms with E-state index in [4.69, 9.17) is 5.73 Å². The van der Waals surface area contributed by atoms with Crippen molar-refractivity contribution >= 4 is 0 Å². The molecule has 106 valence electrons. The van der Waals surface area contributed by atoms with Crippen molar-refractivity contribution in [3.63, 3.8) is 0 Å². The number of hydrogen-bond acceptors (Lipinski definition) is 2. The second-order valence-corrected chi connectivity index (χ2v) is 4.49. The molecule has 0 unspecified atom stereocenters. The zero-order chi connectivity index (χ0) is 14.8. The van der Waals surface area contributed by atoms with Gasteiger partial charge in [-0.05, 0) is 35.7 Å². The van der Waals surface area contributed by atoms with E-state index < -0.39 is 6.36 Å². The lowest BCUT2D eigenvalue weighted by Crippen LogP contribution is -2.17. The van der Waals surface area contributed by atoms with E-state index in [1.807, 2.05) is 31.2 Å². The quantitative estimate of drug-likeness (QED) is 0.911. The Labute approximate surface area is 115 Å². The number of alkyl halides is 3. The van der Waals surface area contributed by atoms with Crippen molar-refractivity contribution in [1.82, 2.24) is 0 Å². The first kappa shape index (κ1) is 14.4. The summed E-state index contributed by atoms with van der Waals surface area (Å²) >= 11 is 0. The lowest BCUT2D eigenvalue weighted by Gasteiger charge is -2.11. The van der Waals surface area contributed by atoms with E-state index in [9.17, 15) is 13.2 Å². The van der Waals surface area contributed by atoms with Gasteiger partial charge in [-0.3, -0.25) is 0 Å². The molecule has 0 fully saturated rings. The van der Waals surface area contributed by atoms with Crippen LogP contribution in [0.4, 0.5) is 13.2 Å². The van der Waals surface area contributed by atoms with Crippen LogP contribution in [-0.4, -0.2) is 6.36 Å². The zero-order valence-electron chi connectivity index (χ0n) is 10.8. The molecule has 1 atom stereocenters. The first-order valence-corrected chi connectivity index (χ1v) is 6.07. The van der Waals surface area contributed by atoms with Gasteiger partial charge in [0.15, 0.2) is 0 Å². The van der Waals surface area contributed by atoms with E-state index in [-0.39, 0.29) is 11.8 Å². The fraction of sp³-hybridized carbons (Fsp3) is 0.200. The standard InChI is InChI=1S/C15H14F3NO/c1-10(19)11-5-7-12(8-6-11)13-3-2-4-14(9-13)20-15(16,17)18/h2-10H,19H2,1H3/t10-/m1/s1. The minimum Gasteiger partial charge on any atom is -0.406 e. The minimum absolute atomic E-state index is 0.0797. The van der Waals surface area contributed by atoms with Crippen molar-refractivity contribution < 1.29 is 17.9 Å². The highest BCUT2D eigenvalue weighted by Gasteiger charge is 2.31. The van der Waals surface area contributed by atoms with Gasteiger partial charge in [0.05, 0.1) is 0 Å². The third-order valence-electron chi connectivity index (χ3n) is 2.84. The fourth-order valence-corrected chi connectivity index (χ4v) is 1.85. The lowest BCUT2D eigenvalue weighted by molar-refractivity contribution is -0.274. The smallest absolute Gasteiger partial charge is 0.406 e. The van der Waals surface area contributed by atoms with Crippen LogP contribution in [0.1, 0.15) is 18.5 Å². The molecular formula is C15H14F3NO. The van der Waals surface area contributed by atoms with Gasteiger partial charge in [-0.1, -0.05) is 36.4 Å². The predicted molar refractivity (Wildman–Crippen MR) is 71.2 cm³/mol. The van der Waals surface area contributed by atoms with E-state index >= 15 is 0 Å². The van der Waals surface area contributed by atoms with Crippen LogP contribution >= 0.6 is 0 Å². The fourth-order valence-electron chi connectivity index (χ4n) is 1.85. The molecule has 2 aromatic carbocycles. The van der Waals surface area contributed by atoms with Crippen molar-refractivity contribution in [3.05, 3.63) is 54.1 Å². The number of rotatable bonds is 3. The Balaban J connectivity index is 2.26. The normalized spacial score (nSPS) is 13.1. The van der Waals surface area contributed by atoms with Gasteiger partial charge in [-0.2, -0.15) is 0 Å². The maximum absolute atomic E-state index is 12.2. The topological polar surface area (TPSA) is 35.2 Å².